The monoisotopic (exact) mass is 430 g/mol. The van der Waals surface area contributed by atoms with Gasteiger partial charge in [-0.1, -0.05) is 0 Å². The normalized spacial score (nSPS) is 25.9. The predicted octanol–water partition coefficient (Wildman–Crippen LogP) is -5.44. The summed E-state index contributed by atoms with van der Waals surface area (Å²) in [5.41, 5.74) is 0.349. The van der Waals surface area contributed by atoms with E-state index in [0.717, 1.165) is 0 Å². The summed E-state index contributed by atoms with van der Waals surface area (Å²) >= 11 is 2.56. The average molecular weight is 430 g/mol. The molecule has 2 saturated heterocycles. The first-order chi connectivity index (χ1) is 11.6. The second-order valence-electron chi connectivity index (χ2n) is 6.41. The number of carbonyl (C=O) groups excluding carboxylic acids is 2. The topological polar surface area (TPSA) is 124 Å². The van der Waals surface area contributed by atoms with Crippen LogP contribution in [0.3, 0.4) is 0 Å². The van der Waals surface area contributed by atoms with Gasteiger partial charge in [-0.3, -0.25) is 14.4 Å². The Bertz CT molecular complexity index is 757. The molecule has 0 spiro atoms. The SMILES string of the molecule is CC1(C)SC2C(NC(=O)C(C(=O)O)c3ccsc3)C(=O)N2C1C(=O)O.[Na+].[Na+]. The molecule has 8 nitrogen and oxygen atoms in total. The number of carboxylic acids is 2. The fourth-order valence-electron chi connectivity index (χ4n) is 3.23. The van der Waals surface area contributed by atoms with Crippen LogP contribution in [0.1, 0.15) is 25.3 Å². The molecule has 1 aromatic rings. The van der Waals surface area contributed by atoms with Crippen molar-refractivity contribution in [3.05, 3.63) is 22.4 Å². The summed E-state index contributed by atoms with van der Waals surface area (Å²) in [6.45, 7) is 3.46. The Balaban J connectivity index is 0.00000182. The molecule has 0 bridgehead atoms. The summed E-state index contributed by atoms with van der Waals surface area (Å²) in [6, 6.07) is -0.344. The Kier molecular flexibility index (Phi) is 8.48. The maximum Gasteiger partial charge on any atom is 1.00 e. The number of carbonyl (C=O) groups is 4. The van der Waals surface area contributed by atoms with E-state index in [1.807, 2.05) is 0 Å². The van der Waals surface area contributed by atoms with Crippen LogP contribution in [0.4, 0.5) is 0 Å². The Morgan fingerprint density at radius 3 is 2.37 bits per heavy atom. The minimum atomic E-state index is -1.40. The van der Waals surface area contributed by atoms with Gasteiger partial charge in [0, 0.05) is 4.75 Å². The molecule has 27 heavy (non-hydrogen) atoms. The standard InChI is InChI=1S/C15H16N2O6S2.2Na/c1-15(2)9(14(22)23)17-11(19)8(12(17)25-15)16-10(18)7(13(20)21)6-3-4-24-5-6;;/h3-5,7-9,12H,1-2H3,(H,16,18)(H,20,21)(H,22,23);;/q;2*+1. The maximum absolute atomic E-state index is 12.4. The van der Waals surface area contributed by atoms with Crippen molar-refractivity contribution >= 4 is 46.9 Å². The van der Waals surface area contributed by atoms with Gasteiger partial charge in [0.05, 0.1) is 0 Å². The molecule has 0 saturated carbocycles. The van der Waals surface area contributed by atoms with Gasteiger partial charge >= 0.3 is 71.1 Å². The zero-order valence-electron chi connectivity index (χ0n) is 15.3. The van der Waals surface area contributed by atoms with Crippen LogP contribution in [0.2, 0.25) is 0 Å². The van der Waals surface area contributed by atoms with E-state index < -0.39 is 51.9 Å². The van der Waals surface area contributed by atoms with Crippen molar-refractivity contribution < 1.29 is 88.5 Å². The largest absolute Gasteiger partial charge is 1.00 e. The summed E-state index contributed by atoms with van der Waals surface area (Å²) in [6.07, 6.45) is 0. The number of hydrogen-bond acceptors (Lipinski definition) is 6. The maximum atomic E-state index is 12.4. The van der Waals surface area contributed by atoms with Crippen molar-refractivity contribution in [2.24, 2.45) is 0 Å². The quantitative estimate of drug-likeness (QED) is 0.242. The molecule has 0 aromatic carbocycles. The van der Waals surface area contributed by atoms with E-state index in [9.17, 15) is 29.4 Å². The van der Waals surface area contributed by atoms with E-state index in [-0.39, 0.29) is 59.1 Å². The first-order valence-electron chi connectivity index (χ1n) is 7.43. The van der Waals surface area contributed by atoms with Gasteiger partial charge in [0.25, 0.3) is 0 Å². The van der Waals surface area contributed by atoms with Crippen molar-refractivity contribution in [1.82, 2.24) is 10.2 Å². The van der Waals surface area contributed by atoms with Crippen LogP contribution in [0, 0.1) is 0 Å². The predicted molar refractivity (Wildman–Crippen MR) is 90.4 cm³/mol. The molecular weight excluding hydrogens is 414 g/mol. The molecular formula is C15H16N2Na2O6S2+2. The van der Waals surface area contributed by atoms with Crippen LogP contribution in [0.25, 0.3) is 0 Å². The number of thioether (sulfide) groups is 1. The number of thiophene rings is 1. The van der Waals surface area contributed by atoms with Gasteiger partial charge in [0.1, 0.15) is 17.5 Å². The third-order valence-electron chi connectivity index (χ3n) is 4.36. The van der Waals surface area contributed by atoms with E-state index in [0.29, 0.717) is 5.56 Å². The molecule has 3 heterocycles. The van der Waals surface area contributed by atoms with Crippen LogP contribution in [0.5, 0.6) is 0 Å². The van der Waals surface area contributed by atoms with Crippen molar-refractivity contribution in [3.63, 3.8) is 0 Å². The summed E-state index contributed by atoms with van der Waals surface area (Å²) in [5.74, 6) is -5.08. The molecule has 1 aromatic heterocycles. The molecule has 4 atom stereocenters. The number of fused-ring (bicyclic) bond motifs is 1. The van der Waals surface area contributed by atoms with Gasteiger partial charge < -0.3 is 20.4 Å². The van der Waals surface area contributed by atoms with Gasteiger partial charge in [-0.15, -0.1) is 11.8 Å². The summed E-state index contributed by atoms with van der Waals surface area (Å²) in [5, 5.41) is 23.9. The Morgan fingerprint density at radius 1 is 1.26 bits per heavy atom. The molecule has 4 unspecified atom stereocenters. The number of amides is 2. The summed E-state index contributed by atoms with van der Waals surface area (Å²) < 4.78 is -0.703. The number of hydrogen-bond donors (Lipinski definition) is 3. The van der Waals surface area contributed by atoms with E-state index in [1.165, 1.54) is 28.0 Å². The minimum absolute atomic E-state index is 0. The van der Waals surface area contributed by atoms with Crippen molar-refractivity contribution in [1.29, 1.82) is 0 Å². The molecule has 2 fully saturated rings. The van der Waals surface area contributed by atoms with Crippen molar-refractivity contribution in [2.45, 2.75) is 42.0 Å². The zero-order valence-corrected chi connectivity index (χ0v) is 21.0. The Labute approximate surface area is 208 Å². The van der Waals surface area contributed by atoms with Crippen molar-refractivity contribution in [3.8, 4) is 0 Å². The molecule has 12 heteroatoms. The number of aliphatic carboxylic acids is 2. The molecule has 0 aliphatic carbocycles. The van der Waals surface area contributed by atoms with E-state index in [1.54, 1.807) is 30.7 Å². The number of nitrogens with one attached hydrogen (secondary N) is 1. The van der Waals surface area contributed by atoms with Crippen LogP contribution < -0.4 is 64.4 Å². The summed E-state index contributed by atoms with van der Waals surface area (Å²) in [7, 11) is 0. The first kappa shape index (κ1) is 25.0. The zero-order chi connectivity index (χ0) is 18.5. The van der Waals surface area contributed by atoms with E-state index in [4.69, 9.17) is 0 Å². The third-order valence-corrected chi connectivity index (χ3v) is 6.63. The van der Waals surface area contributed by atoms with Gasteiger partial charge in [-0.05, 0) is 36.2 Å². The van der Waals surface area contributed by atoms with Crippen molar-refractivity contribution in [2.75, 3.05) is 0 Å². The fourth-order valence-corrected chi connectivity index (χ4v) is 5.54. The molecule has 2 amide bonds. The van der Waals surface area contributed by atoms with E-state index in [2.05, 4.69) is 5.32 Å². The third kappa shape index (κ3) is 4.42. The Hall–Kier alpha value is -0.0700. The number of rotatable bonds is 5. The second-order valence-corrected chi connectivity index (χ2v) is 8.96. The molecule has 3 rings (SSSR count). The first-order valence-corrected chi connectivity index (χ1v) is 9.25. The summed E-state index contributed by atoms with van der Waals surface area (Å²) in [4.78, 5) is 48.9. The second kappa shape index (κ2) is 9.17. The van der Waals surface area contributed by atoms with Crippen LogP contribution >= 0.6 is 23.1 Å². The molecule has 134 valence electrons. The fraction of sp³-hybridized carbons (Fsp3) is 0.467. The van der Waals surface area contributed by atoms with Crippen LogP contribution in [0.15, 0.2) is 16.8 Å². The number of nitrogens with zero attached hydrogens (tertiary/aromatic N) is 1. The Morgan fingerprint density at radius 2 is 1.89 bits per heavy atom. The molecule has 0 radical (unpaired) electrons. The average Bonchev–Trinajstić information content (AvgIpc) is 3.09. The minimum Gasteiger partial charge on any atom is -0.480 e. The molecule has 3 N–H and O–H groups in total. The van der Waals surface area contributed by atoms with Crippen LogP contribution in [-0.2, 0) is 19.2 Å². The molecule has 2 aliphatic heterocycles. The van der Waals surface area contributed by atoms with Gasteiger partial charge in [0.2, 0.25) is 11.8 Å². The number of carboxylic acid groups (broad SMARTS) is 2. The molecule has 2 aliphatic rings. The van der Waals surface area contributed by atoms with Gasteiger partial charge in [-0.25, -0.2) is 4.79 Å². The van der Waals surface area contributed by atoms with Gasteiger partial charge in [-0.2, -0.15) is 11.3 Å². The van der Waals surface area contributed by atoms with E-state index >= 15 is 0 Å². The smallest absolute Gasteiger partial charge is 0.480 e. The van der Waals surface area contributed by atoms with Crippen LogP contribution in [-0.4, -0.2) is 61.1 Å². The number of β-lactam (4-membered cyclic amide) rings is 1. The van der Waals surface area contributed by atoms with Gasteiger partial charge in [0.15, 0.2) is 5.92 Å².